The summed E-state index contributed by atoms with van der Waals surface area (Å²) in [7, 11) is 0. The minimum absolute atomic E-state index is 0. The summed E-state index contributed by atoms with van der Waals surface area (Å²) in [4.78, 5) is 14.6. The molecule has 0 atom stereocenters. The summed E-state index contributed by atoms with van der Waals surface area (Å²) >= 11 is 0. The number of fused-ring (bicyclic) bond motifs is 2. The summed E-state index contributed by atoms with van der Waals surface area (Å²) in [5.41, 5.74) is 16.1. The molecule has 0 unspecified atom stereocenters. The third-order valence-corrected chi connectivity index (χ3v) is 10.8. The van der Waals surface area contributed by atoms with Crippen LogP contribution in [0, 0.1) is 19.1 Å². The van der Waals surface area contributed by atoms with Crippen molar-refractivity contribution in [2.45, 2.75) is 98.8 Å². The minimum atomic E-state index is -0.0940. The van der Waals surface area contributed by atoms with Gasteiger partial charge in [-0.25, -0.2) is 0 Å². The molecule has 0 saturated heterocycles. The van der Waals surface area contributed by atoms with Crippen molar-refractivity contribution in [2.75, 3.05) is 0 Å². The Kier molecular flexibility index (Phi) is 12.9. The molecule has 5 aromatic carbocycles. The normalized spacial score (nSPS) is 11.8. The molecule has 0 fully saturated rings. The van der Waals surface area contributed by atoms with E-state index < -0.39 is 0 Å². The molecule has 0 amide bonds. The predicted molar refractivity (Wildman–Crippen MR) is 245 cm³/mol. The van der Waals surface area contributed by atoms with Crippen LogP contribution in [0.1, 0.15) is 109 Å². The van der Waals surface area contributed by atoms with Crippen molar-refractivity contribution in [3.05, 3.63) is 168 Å². The van der Waals surface area contributed by atoms with Gasteiger partial charge in [0.15, 0.2) is 0 Å². The molecule has 5 heteroatoms. The molecule has 4 nitrogen and oxygen atoms in total. The second kappa shape index (κ2) is 17.6. The monoisotopic (exact) mass is 953 g/mol. The summed E-state index contributed by atoms with van der Waals surface area (Å²) in [5, 5.41) is 1.02. The van der Waals surface area contributed by atoms with Crippen LogP contribution in [0.25, 0.3) is 61.4 Å². The van der Waals surface area contributed by atoms with Crippen molar-refractivity contribution in [2.24, 2.45) is 0 Å². The van der Waals surface area contributed by atoms with Crippen LogP contribution in [0.5, 0.6) is 0 Å². The number of pyridine rings is 2. The van der Waals surface area contributed by atoms with Crippen molar-refractivity contribution in [3.8, 4) is 39.5 Å². The number of nitrogens with zero attached hydrogens (tertiary/aromatic N) is 4. The molecule has 8 rings (SSSR count). The van der Waals surface area contributed by atoms with Gasteiger partial charge in [0.1, 0.15) is 0 Å². The number of benzene rings is 5. The summed E-state index contributed by atoms with van der Waals surface area (Å²) in [6, 6.07) is 49.6. The van der Waals surface area contributed by atoms with Gasteiger partial charge in [0.05, 0.1) is 16.9 Å². The van der Waals surface area contributed by atoms with E-state index in [4.69, 9.17) is 9.97 Å². The molecule has 8 aromatic rings. The average Bonchev–Trinajstić information content (AvgIpc) is 3.59. The largest absolute Gasteiger partial charge is 0.324 e. The van der Waals surface area contributed by atoms with Crippen LogP contribution in [0.4, 0.5) is 0 Å². The fourth-order valence-electron chi connectivity index (χ4n) is 7.59. The van der Waals surface area contributed by atoms with Gasteiger partial charge in [0.2, 0.25) is 0 Å². The Morgan fingerprint density at radius 2 is 1.29 bits per heavy atom. The Balaban J connectivity index is 0.000000289. The zero-order chi connectivity index (χ0) is 41.4. The third-order valence-electron chi connectivity index (χ3n) is 10.8. The molecule has 3 heterocycles. The van der Waals surface area contributed by atoms with Crippen molar-refractivity contribution < 1.29 is 20.1 Å². The van der Waals surface area contributed by atoms with Gasteiger partial charge in [0.25, 0.3) is 0 Å². The molecule has 59 heavy (non-hydrogen) atoms. The molecule has 0 saturated carbocycles. The SMILES string of the molecule is CC(C)(C)c1ccnc(-c2[c-]cccc2)c1.Cc1ccc2[c-]c(-c3nc4ccccc4n3-c3c(C(C)C)cc(-c4ccccc4)cc3C(C)C)cc(C(C)(C)C)c2n1.[Ir]. The number of aromatic nitrogens is 4. The molecule has 0 spiro atoms. The van der Waals surface area contributed by atoms with Gasteiger partial charge in [-0.1, -0.05) is 140 Å². The van der Waals surface area contributed by atoms with Gasteiger partial charge in [-0.3, -0.25) is 9.97 Å². The Morgan fingerprint density at radius 3 is 1.92 bits per heavy atom. The first-order valence-electron chi connectivity index (χ1n) is 20.6. The first-order chi connectivity index (χ1) is 27.6. The number of imidazole rings is 1. The van der Waals surface area contributed by atoms with E-state index in [1.807, 2.05) is 30.5 Å². The van der Waals surface area contributed by atoms with Crippen LogP contribution in [-0.4, -0.2) is 19.5 Å². The fourth-order valence-corrected chi connectivity index (χ4v) is 7.59. The molecular formula is C54H56IrN4-2. The van der Waals surface area contributed by atoms with Crippen LogP contribution < -0.4 is 0 Å². The molecule has 1 radical (unpaired) electrons. The van der Waals surface area contributed by atoms with E-state index in [0.717, 1.165) is 50.3 Å². The van der Waals surface area contributed by atoms with Crippen molar-refractivity contribution >= 4 is 21.9 Å². The molecular weight excluding hydrogens is 897 g/mol. The Hall–Kier alpha value is -5.22. The van der Waals surface area contributed by atoms with Crippen LogP contribution in [0.2, 0.25) is 0 Å². The smallest absolute Gasteiger partial charge is 0.0798 e. The standard InChI is InChI=1S/C39H40N3.C15H16N.Ir/c1-24(2)31-21-29(27-14-10-9-11-15-27)22-32(25(3)4)37(31)42-35-17-13-12-16-34(35)41-38(42)30-20-28-19-18-26(5)40-36(28)33(23-30)39(6,7)8;1-15(2,3)13-9-10-16-14(11-13)12-7-5-4-6-8-12;/h9-19,21-25H,1-8H3;4-7,9-11H,1-3H3;/q2*-1;. The van der Waals surface area contributed by atoms with Crippen molar-refractivity contribution in [3.63, 3.8) is 0 Å². The average molecular weight is 953 g/mol. The quantitative estimate of drug-likeness (QED) is 0.156. The van der Waals surface area contributed by atoms with E-state index in [1.54, 1.807) is 0 Å². The number of para-hydroxylation sites is 2. The van der Waals surface area contributed by atoms with E-state index in [-0.39, 0.29) is 30.9 Å². The van der Waals surface area contributed by atoms with Gasteiger partial charge in [-0.15, -0.1) is 54.1 Å². The molecule has 0 N–H and O–H groups in total. The van der Waals surface area contributed by atoms with Crippen LogP contribution in [0.3, 0.4) is 0 Å². The maximum absolute atomic E-state index is 5.30. The summed E-state index contributed by atoms with van der Waals surface area (Å²) in [5.74, 6) is 1.54. The van der Waals surface area contributed by atoms with E-state index in [2.05, 4.69) is 195 Å². The number of rotatable bonds is 6. The van der Waals surface area contributed by atoms with Gasteiger partial charge in [0, 0.05) is 43.2 Å². The minimum Gasteiger partial charge on any atom is -0.324 e. The van der Waals surface area contributed by atoms with Crippen LogP contribution in [0.15, 0.2) is 128 Å². The zero-order valence-corrected chi connectivity index (χ0v) is 38.8. The van der Waals surface area contributed by atoms with Gasteiger partial charge in [-0.2, -0.15) is 0 Å². The predicted octanol–water partition coefficient (Wildman–Crippen LogP) is 14.4. The van der Waals surface area contributed by atoms with Gasteiger partial charge in [-0.05, 0) is 93.4 Å². The molecule has 0 aliphatic rings. The van der Waals surface area contributed by atoms with Gasteiger partial charge < -0.3 is 9.55 Å². The third kappa shape index (κ3) is 9.33. The summed E-state index contributed by atoms with van der Waals surface area (Å²) in [6.07, 6.45) is 1.87. The fraction of sp³-hybridized carbons (Fsp3) is 0.278. The van der Waals surface area contributed by atoms with E-state index in [1.165, 1.54) is 39.1 Å². The maximum Gasteiger partial charge on any atom is 0.0798 e. The molecule has 0 bridgehead atoms. The molecule has 303 valence electrons. The van der Waals surface area contributed by atoms with Crippen molar-refractivity contribution in [1.82, 2.24) is 19.5 Å². The maximum atomic E-state index is 5.30. The van der Waals surface area contributed by atoms with Crippen LogP contribution >= 0.6 is 0 Å². The number of hydrogen-bond acceptors (Lipinski definition) is 3. The van der Waals surface area contributed by atoms with E-state index in [9.17, 15) is 0 Å². The van der Waals surface area contributed by atoms with Gasteiger partial charge >= 0.3 is 0 Å². The first-order valence-corrected chi connectivity index (χ1v) is 20.6. The Morgan fingerprint density at radius 1 is 0.627 bits per heavy atom. The molecule has 0 aliphatic heterocycles. The topological polar surface area (TPSA) is 43.6 Å². The second-order valence-corrected chi connectivity index (χ2v) is 18.1. The zero-order valence-electron chi connectivity index (χ0n) is 36.4. The van der Waals surface area contributed by atoms with Crippen LogP contribution in [-0.2, 0) is 30.9 Å². The van der Waals surface area contributed by atoms with E-state index >= 15 is 0 Å². The van der Waals surface area contributed by atoms with Crippen molar-refractivity contribution in [1.29, 1.82) is 0 Å². The summed E-state index contributed by atoms with van der Waals surface area (Å²) < 4.78 is 2.40. The first kappa shape index (κ1) is 43.4. The molecule has 3 aromatic heterocycles. The second-order valence-electron chi connectivity index (χ2n) is 18.1. The Bertz CT molecular complexity index is 2670. The number of hydrogen-bond donors (Lipinski definition) is 0. The Labute approximate surface area is 365 Å². The summed E-state index contributed by atoms with van der Waals surface area (Å²) in [6.45, 7) is 24.6. The van der Waals surface area contributed by atoms with E-state index in [0.29, 0.717) is 11.8 Å². The number of aryl methyl sites for hydroxylation is 1. The molecule has 0 aliphatic carbocycles.